The largest absolute Gasteiger partial charge is 0.335 e. The van der Waals surface area contributed by atoms with Crippen molar-refractivity contribution in [3.63, 3.8) is 0 Å². The zero-order valence-corrected chi connectivity index (χ0v) is 14.2. The maximum absolute atomic E-state index is 12.2. The van der Waals surface area contributed by atoms with Crippen LogP contribution >= 0.6 is 0 Å². The molecule has 2 aliphatic rings. The van der Waals surface area contributed by atoms with Gasteiger partial charge in [-0.3, -0.25) is 14.8 Å². The third-order valence-corrected chi connectivity index (χ3v) is 4.95. The van der Waals surface area contributed by atoms with Crippen LogP contribution in [0.3, 0.4) is 0 Å². The van der Waals surface area contributed by atoms with Gasteiger partial charge in [-0.25, -0.2) is 4.79 Å². The van der Waals surface area contributed by atoms with Gasteiger partial charge in [-0.1, -0.05) is 18.2 Å². The van der Waals surface area contributed by atoms with E-state index in [4.69, 9.17) is 0 Å². The van der Waals surface area contributed by atoms with Gasteiger partial charge in [0.1, 0.15) is 0 Å². The quantitative estimate of drug-likeness (QED) is 0.899. The van der Waals surface area contributed by atoms with Gasteiger partial charge in [0, 0.05) is 37.5 Å². The molecule has 2 aromatic rings. The summed E-state index contributed by atoms with van der Waals surface area (Å²) in [6.45, 7) is 1.27. The molecular weight excluding hydrogens is 318 g/mol. The molecule has 3 heterocycles. The minimum absolute atomic E-state index is 0.00964. The van der Waals surface area contributed by atoms with E-state index in [-0.39, 0.29) is 18.0 Å². The number of carbonyl (C=O) groups excluding carboxylic acids is 2. The summed E-state index contributed by atoms with van der Waals surface area (Å²) in [5, 5.41) is 10.1. The Morgan fingerprint density at radius 2 is 2.16 bits per heavy atom. The minimum Gasteiger partial charge on any atom is -0.335 e. The Morgan fingerprint density at radius 1 is 1.32 bits per heavy atom. The number of anilines is 1. The molecule has 1 atom stereocenters. The second-order valence-electron chi connectivity index (χ2n) is 6.56. The van der Waals surface area contributed by atoms with E-state index in [0.717, 1.165) is 30.6 Å². The lowest BCUT2D eigenvalue weighted by molar-refractivity contribution is 0.0774. The number of hydrogen-bond acceptors (Lipinski definition) is 3. The van der Waals surface area contributed by atoms with Crippen LogP contribution in [0.15, 0.2) is 30.3 Å². The van der Waals surface area contributed by atoms with Crippen LogP contribution in [0, 0.1) is 0 Å². The second kappa shape index (κ2) is 6.23. The van der Waals surface area contributed by atoms with E-state index >= 15 is 0 Å². The molecular formula is C18H21N5O2. The molecule has 130 valence electrons. The Bertz CT molecular complexity index is 805. The summed E-state index contributed by atoms with van der Waals surface area (Å²) in [5.74, 6) is 0.565. The smallest absolute Gasteiger partial charge is 0.320 e. The molecule has 4 rings (SSSR count). The van der Waals surface area contributed by atoms with Gasteiger partial charge in [-0.15, -0.1) is 0 Å². The van der Waals surface area contributed by atoms with Crippen LogP contribution in [0.4, 0.5) is 10.6 Å². The Kier molecular flexibility index (Phi) is 3.91. The van der Waals surface area contributed by atoms with Crippen LogP contribution in [-0.4, -0.2) is 40.2 Å². The zero-order chi connectivity index (χ0) is 17.4. The summed E-state index contributed by atoms with van der Waals surface area (Å²) >= 11 is 0. The number of nitrogens with zero attached hydrogens (tertiary/aromatic N) is 3. The summed E-state index contributed by atoms with van der Waals surface area (Å²) in [5.41, 5.74) is 2.82. The molecule has 25 heavy (non-hydrogen) atoms. The number of benzene rings is 1. The van der Waals surface area contributed by atoms with Gasteiger partial charge in [0.25, 0.3) is 5.91 Å². The van der Waals surface area contributed by atoms with Crippen molar-refractivity contribution in [2.45, 2.75) is 31.8 Å². The molecule has 0 saturated carbocycles. The number of urea groups is 1. The van der Waals surface area contributed by atoms with Gasteiger partial charge in [-0.2, -0.15) is 5.10 Å². The molecule has 1 unspecified atom stereocenters. The summed E-state index contributed by atoms with van der Waals surface area (Å²) in [6.07, 6.45) is 3.29. The highest BCUT2D eigenvalue weighted by Crippen LogP contribution is 2.31. The van der Waals surface area contributed by atoms with Crippen molar-refractivity contribution < 1.29 is 9.59 Å². The number of carbonyl (C=O) groups is 2. The third kappa shape index (κ3) is 2.86. The Labute approximate surface area is 146 Å². The third-order valence-electron chi connectivity index (χ3n) is 4.95. The standard InChI is InChI=1S/C18H21N5O2/c1-22-15(13-7-2-3-8-14(13)17(22)24)11-19-18(25)20-16-10-12-6-4-5-9-23(12)21-16/h2-3,7-8,10,15H,4-6,9,11H2,1H3,(H2,19,20,21,25). The summed E-state index contributed by atoms with van der Waals surface area (Å²) in [6, 6.07) is 9.00. The first-order valence-electron chi connectivity index (χ1n) is 8.61. The first-order chi connectivity index (χ1) is 12.1. The molecule has 3 amide bonds. The molecule has 0 bridgehead atoms. The Hall–Kier alpha value is -2.83. The number of hydrogen-bond donors (Lipinski definition) is 2. The van der Waals surface area contributed by atoms with Crippen molar-refractivity contribution in [2.75, 3.05) is 18.9 Å². The number of aromatic nitrogens is 2. The predicted molar refractivity (Wildman–Crippen MR) is 93.5 cm³/mol. The van der Waals surface area contributed by atoms with Gasteiger partial charge in [0.2, 0.25) is 0 Å². The van der Waals surface area contributed by atoms with Gasteiger partial charge in [0.05, 0.1) is 6.04 Å². The first-order valence-corrected chi connectivity index (χ1v) is 8.61. The highest BCUT2D eigenvalue weighted by Gasteiger charge is 2.33. The normalized spacial score (nSPS) is 18.7. The molecule has 1 aromatic carbocycles. The van der Waals surface area contributed by atoms with Crippen LogP contribution in [0.5, 0.6) is 0 Å². The molecule has 0 fully saturated rings. The minimum atomic E-state index is -0.305. The monoisotopic (exact) mass is 339 g/mol. The fourth-order valence-corrected chi connectivity index (χ4v) is 3.60. The highest BCUT2D eigenvalue weighted by molar-refractivity contribution is 5.99. The summed E-state index contributed by atoms with van der Waals surface area (Å²) < 4.78 is 1.96. The molecule has 0 radical (unpaired) electrons. The molecule has 2 aliphatic heterocycles. The number of amides is 3. The summed E-state index contributed by atoms with van der Waals surface area (Å²) in [4.78, 5) is 26.1. The van der Waals surface area contributed by atoms with Gasteiger partial charge in [-0.05, 0) is 30.9 Å². The van der Waals surface area contributed by atoms with Gasteiger partial charge < -0.3 is 10.2 Å². The molecule has 0 aliphatic carbocycles. The number of likely N-dealkylation sites (N-methyl/N-ethyl adjacent to an activating group) is 1. The van der Waals surface area contributed by atoms with E-state index < -0.39 is 0 Å². The van der Waals surface area contributed by atoms with Crippen molar-refractivity contribution in [1.29, 1.82) is 0 Å². The number of aryl methyl sites for hydroxylation is 2. The van der Waals surface area contributed by atoms with E-state index in [1.165, 1.54) is 6.42 Å². The lowest BCUT2D eigenvalue weighted by Gasteiger charge is -2.21. The SMILES string of the molecule is CN1C(=O)c2ccccc2C1CNC(=O)Nc1cc2n(n1)CCCC2. The molecule has 7 heteroatoms. The second-order valence-corrected chi connectivity index (χ2v) is 6.56. The molecule has 2 N–H and O–H groups in total. The van der Waals surface area contributed by atoms with Crippen molar-refractivity contribution in [3.05, 3.63) is 47.2 Å². The van der Waals surface area contributed by atoms with E-state index in [0.29, 0.717) is 17.9 Å². The van der Waals surface area contributed by atoms with Gasteiger partial charge >= 0.3 is 6.03 Å². The average molecular weight is 339 g/mol. The molecule has 0 spiro atoms. The van der Waals surface area contributed by atoms with Crippen molar-refractivity contribution in [1.82, 2.24) is 20.0 Å². The van der Waals surface area contributed by atoms with Crippen molar-refractivity contribution in [3.8, 4) is 0 Å². The zero-order valence-electron chi connectivity index (χ0n) is 14.2. The maximum Gasteiger partial charge on any atom is 0.320 e. The van der Waals surface area contributed by atoms with E-state index in [2.05, 4.69) is 15.7 Å². The molecule has 7 nitrogen and oxygen atoms in total. The van der Waals surface area contributed by atoms with Crippen LogP contribution in [0.1, 0.15) is 40.5 Å². The molecule has 0 saturated heterocycles. The van der Waals surface area contributed by atoms with Crippen LogP contribution in [0.2, 0.25) is 0 Å². The number of rotatable bonds is 3. The van der Waals surface area contributed by atoms with Gasteiger partial charge in [0.15, 0.2) is 5.82 Å². The van der Waals surface area contributed by atoms with Crippen molar-refractivity contribution >= 4 is 17.8 Å². The van der Waals surface area contributed by atoms with E-state index in [9.17, 15) is 9.59 Å². The van der Waals surface area contributed by atoms with E-state index in [1.54, 1.807) is 11.9 Å². The lowest BCUT2D eigenvalue weighted by Crippen LogP contribution is -2.36. The van der Waals surface area contributed by atoms with Crippen LogP contribution in [0.25, 0.3) is 0 Å². The van der Waals surface area contributed by atoms with Crippen LogP contribution < -0.4 is 10.6 Å². The topological polar surface area (TPSA) is 79.3 Å². The summed E-state index contributed by atoms with van der Waals surface area (Å²) in [7, 11) is 1.76. The number of fused-ring (bicyclic) bond motifs is 2. The van der Waals surface area contributed by atoms with Crippen LogP contribution in [-0.2, 0) is 13.0 Å². The maximum atomic E-state index is 12.2. The fraction of sp³-hybridized carbons (Fsp3) is 0.389. The highest BCUT2D eigenvalue weighted by atomic mass is 16.2. The van der Waals surface area contributed by atoms with E-state index in [1.807, 2.05) is 35.0 Å². The first kappa shape index (κ1) is 15.7. The average Bonchev–Trinajstić information content (AvgIpc) is 3.13. The molecule has 1 aromatic heterocycles. The predicted octanol–water partition coefficient (Wildman–Crippen LogP) is 2.17. The Morgan fingerprint density at radius 3 is 3.00 bits per heavy atom. The van der Waals surface area contributed by atoms with Crippen molar-refractivity contribution in [2.24, 2.45) is 0 Å². The number of nitrogens with one attached hydrogen (secondary N) is 2. The lowest BCUT2D eigenvalue weighted by atomic mass is 10.1. The fourth-order valence-electron chi connectivity index (χ4n) is 3.60. The Balaban J connectivity index is 1.39.